The number of benzene rings is 1. The molecular formula is C18H24N2O15. The Labute approximate surface area is 195 Å². The molecule has 3 rings (SSSR count). The third kappa shape index (κ3) is 5.48. The molecule has 0 bridgehead atoms. The molecule has 2 aliphatic heterocycles. The number of nitro groups is 2. The zero-order valence-corrected chi connectivity index (χ0v) is 17.7. The maximum atomic E-state index is 11.3. The SMILES string of the molecule is O=[N+]([O-])c1ccc(O[C@H]2O[C@H](CO)[C@@H](O[C@H]3O[C@H](CO)[C@@H](O)[C@H](O)[C@H]3O)[C@H](O)[C@H]2O)c([N+](=O)[O-])c1. The minimum atomic E-state index is -1.96. The topological polar surface area (TPSA) is 265 Å². The number of rotatable bonds is 8. The first kappa shape index (κ1) is 27.0. The molecule has 0 unspecified atom stereocenters. The monoisotopic (exact) mass is 508 g/mol. The molecule has 0 spiro atoms. The molecule has 1 aromatic rings. The second-order valence-corrected chi connectivity index (χ2v) is 7.79. The van der Waals surface area contributed by atoms with Gasteiger partial charge in [0.1, 0.15) is 48.8 Å². The molecule has 2 heterocycles. The van der Waals surface area contributed by atoms with Crippen molar-refractivity contribution in [2.45, 2.75) is 61.4 Å². The molecule has 2 saturated heterocycles. The maximum absolute atomic E-state index is 11.3. The van der Waals surface area contributed by atoms with Gasteiger partial charge in [-0.05, 0) is 6.07 Å². The van der Waals surface area contributed by atoms with Gasteiger partial charge in [0, 0.05) is 6.07 Å². The fourth-order valence-electron chi connectivity index (χ4n) is 3.64. The van der Waals surface area contributed by atoms with Crippen LogP contribution in [0.1, 0.15) is 0 Å². The minimum absolute atomic E-state index is 0.540. The van der Waals surface area contributed by atoms with Crippen molar-refractivity contribution in [2.75, 3.05) is 13.2 Å². The van der Waals surface area contributed by atoms with Crippen LogP contribution in [-0.4, -0.2) is 120 Å². The van der Waals surface area contributed by atoms with Crippen LogP contribution in [0.25, 0.3) is 0 Å². The lowest BCUT2D eigenvalue weighted by molar-refractivity contribution is -0.395. The third-order valence-corrected chi connectivity index (χ3v) is 5.55. The summed E-state index contributed by atoms with van der Waals surface area (Å²) in [5.74, 6) is -0.540. The van der Waals surface area contributed by atoms with Crippen LogP contribution in [0.3, 0.4) is 0 Å². The quantitative estimate of drug-likeness (QED) is 0.133. The van der Waals surface area contributed by atoms with Gasteiger partial charge in [-0.1, -0.05) is 0 Å². The molecule has 1 aromatic carbocycles. The predicted octanol–water partition coefficient (Wildman–Crippen LogP) is -3.49. The van der Waals surface area contributed by atoms with E-state index in [4.69, 9.17) is 18.9 Å². The van der Waals surface area contributed by atoms with Crippen molar-refractivity contribution in [3.05, 3.63) is 38.4 Å². The van der Waals surface area contributed by atoms with E-state index in [1.165, 1.54) is 0 Å². The van der Waals surface area contributed by atoms with Crippen molar-refractivity contribution < 1.29 is 64.5 Å². The van der Waals surface area contributed by atoms with Gasteiger partial charge in [-0.25, -0.2) is 0 Å². The number of aliphatic hydroxyl groups excluding tert-OH is 7. The molecule has 17 nitrogen and oxygen atoms in total. The van der Waals surface area contributed by atoms with Gasteiger partial charge in [0.25, 0.3) is 5.69 Å². The highest BCUT2D eigenvalue weighted by Gasteiger charge is 2.51. The summed E-state index contributed by atoms with van der Waals surface area (Å²) < 4.78 is 21.2. The Morgan fingerprint density at radius 1 is 0.800 bits per heavy atom. The smallest absolute Gasteiger partial charge is 0.317 e. The van der Waals surface area contributed by atoms with E-state index in [0.29, 0.717) is 6.07 Å². The van der Waals surface area contributed by atoms with Gasteiger partial charge in [-0.3, -0.25) is 20.2 Å². The van der Waals surface area contributed by atoms with Gasteiger partial charge in [0.2, 0.25) is 12.0 Å². The molecule has 17 heteroatoms. The Morgan fingerprint density at radius 3 is 1.97 bits per heavy atom. The number of non-ortho nitro benzene ring substituents is 1. The lowest BCUT2D eigenvalue weighted by Gasteiger charge is -2.45. The van der Waals surface area contributed by atoms with Gasteiger partial charge in [0.05, 0.1) is 29.1 Å². The van der Waals surface area contributed by atoms with Crippen LogP contribution in [0.4, 0.5) is 11.4 Å². The highest BCUT2D eigenvalue weighted by molar-refractivity contribution is 5.53. The normalized spacial score (nSPS) is 37.6. The number of ether oxygens (including phenoxy) is 4. The number of aliphatic hydroxyl groups is 7. The van der Waals surface area contributed by atoms with E-state index in [-0.39, 0.29) is 0 Å². The van der Waals surface area contributed by atoms with Gasteiger partial charge >= 0.3 is 5.69 Å². The number of hydrogen-bond donors (Lipinski definition) is 7. The summed E-state index contributed by atoms with van der Waals surface area (Å²) in [6.07, 6.45) is -17.2. The van der Waals surface area contributed by atoms with Crippen molar-refractivity contribution in [2.24, 2.45) is 0 Å². The first-order valence-electron chi connectivity index (χ1n) is 10.2. The summed E-state index contributed by atoms with van der Waals surface area (Å²) >= 11 is 0. The molecule has 0 aliphatic carbocycles. The summed E-state index contributed by atoms with van der Waals surface area (Å²) in [5.41, 5.74) is -1.43. The number of nitrogens with zero attached hydrogens (tertiary/aromatic N) is 2. The summed E-state index contributed by atoms with van der Waals surface area (Å²) in [4.78, 5) is 20.4. The summed E-state index contributed by atoms with van der Waals surface area (Å²) in [7, 11) is 0. The zero-order chi connectivity index (χ0) is 26.0. The van der Waals surface area contributed by atoms with E-state index >= 15 is 0 Å². The van der Waals surface area contributed by atoms with E-state index in [9.17, 15) is 56.0 Å². The van der Waals surface area contributed by atoms with Crippen LogP contribution in [0.2, 0.25) is 0 Å². The Kier molecular flexibility index (Phi) is 8.49. The van der Waals surface area contributed by atoms with Crippen LogP contribution < -0.4 is 4.74 Å². The van der Waals surface area contributed by atoms with Crippen LogP contribution in [-0.2, 0) is 14.2 Å². The van der Waals surface area contributed by atoms with Gasteiger partial charge < -0.3 is 54.7 Å². The third-order valence-electron chi connectivity index (χ3n) is 5.55. The summed E-state index contributed by atoms with van der Waals surface area (Å²) in [6.45, 7) is -1.61. The Morgan fingerprint density at radius 2 is 1.40 bits per heavy atom. The molecule has 0 saturated carbocycles. The largest absolute Gasteiger partial charge is 0.455 e. The second kappa shape index (κ2) is 11.0. The lowest BCUT2D eigenvalue weighted by Crippen LogP contribution is -2.65. The zero-order valence-electron chi connectivity index (χ0n) is 17.7. The van der Waals surface area contributed by atoms with Crippen LogP contribution in [0.5, 0.6) is 5.75 Å². The molecule has 196 valence electrons. The second-order valence-electron chi connectivity index (χ2n) is 7.79. The first-order chi connectivity index (χ1) is 16.5. The molecule has 2 aliphatic rings. The fraction of sp³-hybridized carbons (Fsp3) is 0.667. The van der Waals surface area contributed by atoms with Gasteiger partial charge in [-0.15, -0.1) is 0 Å². The first-order valence-corrected chi connectivity index (χ1v) is 10.2. The van der Waals surface area contributed by atoms with Gasteiger partial charge in [0.15, 0.2) is 6.29 Å². The fourth-order valence-corrected chi connectivity index (χ4v) is 3.64. The maximum Gasteiger partial charge on any atom is 0.317 e. The lowest BCUT2D eigenvalue weighted by atomic mass is 9.97. The van der Waals surface area contributed by atoms with E-state index < -0.39 is 102 Å². The standard InChI is InChI=1S/C18H24N2O15/c21-4-9-11(23)12(24)14(26)18(33-9)35-16-10(5-22)34-17(15(27)13(16)25)32-8-2-1-6(19(28)29)3-7(8)20(30)31/h1-3,9-18,21-27H,4-5H2/t9-,10-,11-,12+,13-,14-,15-,16-,17+,18-/m1/s1. The minimum Gasteiger partial charge on any atom is -0.455 e. The molecule has 0 amide bonds. The molecular weight excluding hydrogens is 484 g/mol. The molecule has 7 N–H and O–H groups in total. The summed E-state index contributed by atoms with van der Waals surface area (Å²) in [6, 6.07) is 2.42. The van der Waals surface area contributed by atoms with Crippen molar-refractivity contribution in [1.82, 2.24) is 0 Å². The average Bonchev–Trinajstić information content (AvgIpc) is 2.83. The molecule has 0 radical (unpaired) electrons. The molecule has 10 atom stereocenters. The van der Waals surface area contributed by atoms with Gasteiger partial charge in [-0.2, -0.15) is 0 Å². The van der Waals surface area contributed by atoms with Crippen LogP contribution in [0, 0.1) is 20.2 Å². The molecule has 2 fully saturated rings. The van der Waals surface area contributed by atoms with E-state index in [1.54, 1.807) is 0 Å². The van der Waals surface area contributed by atoms with E-state index in [0.717, 1.165) is 12.1 Å². The van der Waals surface area contributed by atoms with Crippen LogP contribution >= 0.6 is 0 Å². The Bertz CT molecular complexity index is 914. The number of nitro benzene ring substituents is 2. The molecule has 35 heavy (non-hydrogen) atoms. The Hall–Kier alpha value is -2.58. The molecule has 0 aromatic heterocycles. The van der Waals surface area contributed by atoms with Crippen molar-refractivity contribution in [3.8, 4) is 5.75 Å². The highest BCUT2D eigenvalue weighted by atomic mass is 16.7. The number of hydrogen-bond acceptors (Lipinski definition) is 15. The predicted molar refractivity (Wildman–Crippen MR) is 107 cm³/mol. The van der Waals surface area contributed by atoms with E-state index in [2.05, 4.69) is 0 Å². The van der Waals surface area contributed by atoms with Crippen molar-refractivity contribution in [1.29, 1.82) is 0 Å². The average molecular weight is 508 g/mol. The summed E-state index contributed by atoms with van der Waals surface area (Å²) in [5, 5.41) is 92.1. The van der Waals surface area contributed by atoms with Crippen LogP contribution in [0.15, 0.2) is 18.2 Å². The Balaban J connectivity index is 1.78. The van der Waals surface area contributed by atoms with Crippen molar-refractivity contribution >= 4 is 11.4 Å². The van der Waals surface area contributed by atoms with E-state index in [1.807, 2.05) is 0 Å². The highest BCUT2D eigenvalue weighted by Crippen LogP contribution is 2.35. The van der Waals surface area contributed by atoms with Crippen molar-refractivity contribution in [3.63, 3.8) is 0 Å².